The van der Waals surface area contributed by atoms with E-state index in [4.69, 9.17) is 0 Å². The zero-order chi connectivity index (χ0) is 14.9. The maximum atomic E-state index is 12.5. The second-order valence-electron chi connectivity index (χ2n) is 4.33. The normalized spacial score (nSPS) is 20.8. The first-order valence-electron chi connectivity index (χ1n) is 5.94. The fraction of sp³-hybridized carbons (Fsp3) is 0.600. The van der Waals surface area contributed by atoms with Crippen LogP contribution in [0.3, 0.4) is 0 Å². The zero-order valence-corrected chi connectivity index (χ0v) is 13.5. The summed E-state index contributed by atoms with van der Waals surface area (Å²) >= 11 is 2.63. The number of nitrogens with one attached hydrogen (secondary N) is 1. The quantitative estimate of drug-likeness (QED) is 0.665. The van der Waals surface area contributed by atoms with Crippen LogP contribution in [0.2, 0.25) is 0 Å². The summed E-state index contributed by atoms with van der Waals surface area (Å²) in [5.41, 5.74) is -0.199. The van der Waals surface area contributed by atoms with Gasteiger partial charge in [0.1, 0.15) is 4.21 Å². The number of nitro groups is 1. The third-order valence-corrected chi connectivity index (χ3v) is 7.50. The highest BCUT2D eigenvalue weighted by atomic mass is 32.2. The molecule has 7 nitrogen and oxygen atoms in total. The third-order valence-electron chi connectivity index (χ3n) is 2.91. The van der Waals surface area contributed by atoms with Crippen LogP contribution < -0.4 is 5.32 Å². The maximum Gasteiger partial charge on any atom is 0.304 e. The number of rotatable bonds is 4. The van der Waals surface area contributed by atoms with Crippen molar-refractivity contribution in [3.8, 4) is 0 Å². The molecule has 0 aromatic carbocycles. The number of thioether (sulfide) groups is 1. The van der Waals surface area contributed by atoms with Gasteiger partial charge in [-0.05, 0) is 0 Å². The maximum absolute atomic E-state index is 12.5. The average molecular weight is 337 g/mol. The molecule has 112 valence electrons. The van der Waals surface area contributed by atoms with Crippen LogP contribution in [0, 0.1) is 10.1 Å². The Balaban J connectivity index is 2.36. The van der Waals surface area contributed by atoms with E-state index < -0.39 is 14.9 Å². The van der Waals surface area contributed by atoms with Crippen molar-refractivity contribution in [1.29, 1.82) is 0 Å². The Kier molecular flexibility index (Phi) is 4.57. The molecule has 2 heterocycles. The van der Waals surface area contributed by atoms with Crippen molar-refractivity contribution in [2.24, 2.45) is 0 Å². The molecule has 0 saturated carbocycles. The van der Waals surface area contributed by atoms with Gasteiger partial charge in [0.05, 0.1) is 4.92 Å². The summed E-state index contributed by atoms with van der Waals surface area (Å²) < 4.78 is 26.5. The van der Waals surface area contributed by atoms with Gasteiger partial charge in [0.25, 0.3) is 10.0 Å². The Hall–Kier alpha value is -0.840. The molecule has 20 heavy (non-hydrogen) atoms. The highest BCUT2D eigenvalue weighted by molar-refractivity contribution is 8.00. The van der Waals surface area contributed by atoms with E-state index in [0.717, 1.165) is 23.2 Å². The first kappa shape index (κ1) is 15.5. The lowest BCUT2D eigenvalue weighted by Gasteiger charge is -2.29. The molecule has 1 aromatic heterocycles. The standard InChI is InChI=1S/C10H15N3O4S3/c1-7-6-12(3-4-18-7)20(16,17)9-5-8(13(14)15)10(11-2)19-9/h5,7,11H,3-4,6H2,1-2H3. The molecule has 1 aliphatic heterocycles. The van der Waals surface area contributed by atoms with Crippen LogP contribution in [0.4, 0.5) is 10.7 Å². The summed E-state index contributed by atoms with van der Waals surface area (Å²) in [6.45, 7) is 2.85. The SMILES string of the molecule is CNc1sc(S(=O)(=O)N2CCSC(C)C2)cc1[N+](=O)[O-]. The molecular weight excluding hydrogens is 322 g/mol. The van der Waals surface area contributed by atoms with Crippen LogP contribution in [-0.4, -0.2) is 48.8 Å². The van der Waals surface area contributed by atoms with Crippen molar-refractivity contribution < 1.29 is 13.3 Å². The Bertz CT molecular complexity index is 613. The smallest absolute Gasteiger partial charge is 0.304 e. The van der Waals surface area contributed by atoms with Gasteiger partial charge in [-0.25, -0.2) is 8.42 Å². The molecule has 1 atom stereocenters. The molecule has 0 radical (unpaired) electrons. The largest absolute Gasteiger partial charge is 0.374 e. The van der Waals surface area contributed by atoms with Crippen LogP contribution in [0.1, 0.15) is 6.92 Å². The summed E-state index contributed by atoms with van der Waals surface area (Å²) in [5, 5.41) is 14.1. The first-order valence-corrected chi connectivity index (χ1v) is 9.24. The van der Waals surface area contributed by atoms with Crippen LogP contribution in [0.5, 0.6) is 0 Å². The average Bonchev–Trinajstić information content (AvgIpc) is 2.83. The van der Waals surface area contributed by atoms with E-state index in [1.165, 1.54) is 11.4 Å². The van der Waals surface area contributed by atoms with Crippen molar-refractivity contribution in [2.75, 3.05) is 31.2 Å². The van der Waals surface area contributed by atoms with Crippen LogP contribution in [-0.2, 0) is 10.0 Å². The first-order chi connectivity index (χ1) is 9.36. The number of hydrogen-bond acceptors (Lipinski definition) is 7. The molecule has 10 heteroatoms. The monoisotopic (exact) mass is 337 g/mol. The summed E-state index contributed by atoms with van der Waals surface area (Å²) in [6, 6.07) is 1.14. The molecule has 0 spiro atoms. The van der Waals surface area contributed by atoms with Gasteiger partial charge in [0.2, 0.25) is 0 Å². The van der Waals surface area contributed by atoms with E-state index in [1.807, 2.05) is 6.92 Å². The van der Waals surface area contributed by atoms with E-state index in [2.05, 4.69) is 5.32 Å². The van der Waals surface area contributed by atoms with Gasteiger partial charge in [0.15, 0.2) is 5.00 Å². The topological polar surface area (TPSA) is 92.6 Å². The third kappa shape index (κ3) is 2.92. The molecule has 1 N–H and O–H groups in total. The lowest BCUT2D eigenvalue weighted by atomic mass is 10.4. The Labute approximate surface area is 125 Å². The van der Waals surface area contributed by atoms with Crippen molar-refractivity contribution in [2.45, 2.75) is 16.4 Å². The van der Waals surface area contributed by atoms with E-state index in [9.17, 15) is 18.5 Å². The molecule has 1 unspecified atom stereocenters. The second kappa shape index (κ2) is 5.88. The number of anilines is 1. The molecule has 2 rings (SSSR count). The van der Waals surface area contributed by atoms with Gasteiger partial charge < -0.3 is 5.32 Å². The van der Waals surface area contributed by atoms with Crippen LogP contribution >= 0.6 is 23.1 Å². The Morgan fingerprint density at radius 3 is 2.75 bits per heavy atom. The van der Waals surface area contributed by atoms with Crippen LogP contribution in [0.25, 0.3) is 0 Å². The molecule has 0 aliphatic carbocycles. The molecule has 0 amide bonds. The van der Waals surface area contributed by atoms with E-state index >= 15 is 0 Å². The summed E-state index contributed by atoms with van der Waals surface area (Å²) in [7, 11) is -2.11. The van der Waals surface area contributed by atoms with Crippen LogP contribution in [0.15, 0.2) is 10.3 Å². The highest BCUT2D eigenvalue weighted by Gasteiger charge is 2.33. The molecular formula is C10H15N3O4S3. The summed E-state index contributed by atoms with van der Waals surface area (Å²) in [4.78, 5) is 10.3. The van der Waals surface area contributed by atoms with E-state index in [-0.39, 0.29) is 20.1 Å². The number of sulfonamides is 1. The molecule has 1 aromatic rings. The van der Waals surface area contributed by atoms with Crippen molar-refractivity contribution in [3.05, 3.63) is 16.2 Å². The number of thiophene rings is 1. The van der Waals surface area contributed by atoms with E-state index in [0.29, 0.717) is 13.1 Å². The van der Waals surface area contributed by atoms with Crippen molar-refractivity contribution in [1.82, 2.24) is 4.31 Å². The lowest BCUT2D eigenvalue weighted by molar-refractivity contribution is -0.383. The van der Waals surface area contributed by atoms with Gasteiger partial charge in [-0.2, -0.15) is 16.1 Å². The molecule has 0 bridgehead atoms. The molecule has 1 saturated heterocycles. The van der Waals surface area contributed by atoms with Crippen molar-refractivity contribution >= 4 is 43.8 Å². The van der Waals surface area contributed by atoms with Gasteiger partial charge in [-0.1, -0.05) is 18.3 Å². The summed E-state index contributed by atoms with van der Waals surface area (Å²) in [5.74, 6) is 0.743. The Morgan fingerprint density at radius 2 is 2.25 bits per heavy atom. The van der Waals surface area contributed by atoms with Gasteiger partial charge in [-0.15, -0.1) is 0 Å². The predicted octanol–water partition coefficient (Wildman–Crippen LogP) is 1.82. The van der Waals surface area contributed by atoms with Gasteiger partial charge in [-0.3, -0.25) is 10.1 Å². The second-order valence-corrected chi connectivity index (χ2v) is 9.09. The molecule has 1 fully saturated rings. The minimum atomic E-state index is -3.65. The summed E-state index contributed by atoms with van der Waals surface area (Å²) in [6.07, 6.45) is 0. The fourth-order valence-corrected chi connectivity index (χ4v) is 6.12. The van der Waals surface area contributed by atoms with Gasteiger partial charge >= 0.3 is 5.69 Å². The highest BCUT2D eigenvalue weighted by Crippen LogP contribution is 2.38. The van der Waals surface area contributed by atoms with Crippen molar-refractivity contribution in [3.63, 3.8) is 0 Å². The fourth-order valence-electron chi connectivity index (χ4n) is 1.93. The number of hydrogen-bond donors (Lipinski definition) is 1. The minimum absolute atomic E-state index is 0.0210. The molecule has 1 aliphatic rings. The number of nitrogens with zero attached hydrogens (tertiary/aromatic N) is 2. The zero-order valence-electron chi connectivity index (χ0n) is 11.0. The predicted molar refractivity (Wildman–Crippen MR) is 81.2 cm³/mol. The minimum Gasteiger partial charge on any atom is -0.374 e. The van der Waals surface area contributed by atoms with E-state index in [1.54, 1.807) is 11.8 Å². The lowest BCUT2D eigenvalue weighted by Crippen LogP contribution is -2.40. The van der Waals surface area contributed by atoms with Gasteiger partial charge in [0, 0.05) is 37.2 Å². The Morgan fingerprint density at radius 1 is 1.55 bits per heavy atom.